The van der Waals surface area contributed by atoms with Crippen LogP contribution in [0.4, 0.5) is 0 Å². The molecule has 0 aliphatic heterocycles. The number of nitrogens with two attached hydrogens (primary N) is 1. The van der Waals surface area contributed by atoms with Crippen molar-refractivity contribution < 1.29 is 9.90 Å². The topological polar surface area (TPSA) is 75.4 Å². The van der Waals surface area contributed by atoms with Gasteiger partial charge >= 0.3 is 0 Å². The van der Waals surface area contributed by atoms with Gasteiger partial charge < -0.3 is 16.2 Å². The third-order valence-corrected chi connectivity index (χ3v) is 2.81. The summed E-state index contributed by atoms with van der Waals surface area (Å²) in [6.07, 6.45) is 3.73. The molecule has 100 valence electrons. The molecule has 18 heavy (non-hydrogen) atoms. The Morgan fingerprint density at radius 1 is 1.33 bits per heavy atom. The van der Waals surface area contributed by atoms with Crippen molar-refractivity contribution in [3.63, 3.8) is 0 Å². The quantitative estimate of drug-likeness (QED) is 0.643. The second kappa shape index (κ2) is 7.71. The van der Waals surface area contributed by atoms with Gasteiger partial charge in [-0.25, -0.2) is 0 Å². The maximum absolute atomic E-state index is 11.7. The molecule has 4 nitrogen and oxygen atoms in total. The summed E-state index contributed by atoms with van der Waals surface area (Å²) < 4.78 is 0. The zero-order valence-corrected chi connectivity index (χ0v) is 10.9. The Kier molecular flexibility index (Phi) is 6.22. The van der Waals surface area contributed by atoms with E-state index in [2.05, 4.69) is 12.2 Å². The molecular weight excluding hydrogens is 228 g/mol. The van der Waals surface area contributed by atoms with Crippen LogP contribution in [0, 0.1) is 0 Å². The van der Waals surface area contributed by atoms with Crippen LogP contribution in [-0.4, -0.2) is 23.6 Å². The van der Waals surface area contributed by atoms with Crippen LogP contribution < -0.4 is 11.1 Å². The molecule has 0 aromatic heterocycles. The molecule has 1 amide bonds. The van der Waals surface area contributed by atoms with E-state index in [9.17, 15) is 4.79 Å². The average molecular weight is 250 g/mol. The number of carbonyl (C=O) groups excluding carboxylic acids is 1. The van der Waals surface area contributed by atoms with Gasteiger partial charge in [0.05, 0.1) is 6.04 Å². The van der Waals surface area contributed by atoms with Crippen molar-refractivity contribution in [2.24, 2.45) is 5.73 Å². The molecule has 4 N–H and O–H groups in total. The fourth-order valence-electron chi connectivity index (χ4n) is 1.70. The lowest BCUT2D eigenvalue weighted by atomic mass is 10.1. The van der Waals surface area contributed by atoms with Gasteiger partial charge in [-0.2, -0.15) is 0 Å². The fourth-order valence-corrected chi connectivity index (χ4v) is 1.70. The van der Waals surface area contributed by atoms with Gasteiger partial charge in [0.2, 0.25) is 5.91 Å². The van der Waals surface area contributed by atoms with E-state index >= 15 is 0 Å². The van der Waals surface area contributed by atoms with Crippen LogP contribution in [0.3, 0.4) is 0 Å². The monoisotopic (exact) mass is 250 g/mol. The van der Waals surface area contributed by atoms with Crippen molar-refractivity contribution in [1.82, 2.24) is 5.32 Å². The van der Waals surface area contributed by atoms with Gasteiger partial charge in [-0.3, -0.25) is 4.79 Å². The molecule has 0 spiro atoms. The molecule has 1 rings (SSSR count). The molecule has 0 bridgehead atoms. The maximum Gasteiger partial charge on any atom is 0.237 e. The van der Waals surface area contributed by atoms with E-state index in [4.69, 9.17) is 10.8 Å². The van der Waals surface area contributed by atoms with Crippen molar-refractivity contribution >= 4 is 5.91 Å². The van der Waals surface area contributed by atoms with Crippen LogP contribution in [-0.2, 0) is 11.2 Å². The van der Waals surface area contributed by atoms with Crippen LogP contribution >= 0.6 is 0 Å². The Balaban J connectivity index is 2.33. The number of hydrogen-bond acceptors (Lipinski definition) is 3. The highest BCUT2D eigenvalue weighted by Gasteiger charge is 2.13. The molecule has 1 aromatic rings. The zero-order valence-electron chi connectivity index (χ0n) is 10.9. The molecule has 0 aliphatic rings. The van der Waals surface area contributed by atoms with E-state index in [1.54, 1.807) is 24.3 Å². The highest BCUT2D eigenvalue weighted by Crippen LogP contribution is 2.10. The van der Waals surface area contributed by atoms with Crippen molar-refractivity contribution in [1.29, 1.82) is 0 Å². The average Bonchev–Trinajstić information content (AvgIpc) is 2.37. The smallest absolute Gasteiger partial charge is 0.237 e. The normalized spacial score (nSPS) is 12.1. The highest BCUT2D eigenvalue weighted by molar-refractivity contribution is 5.81. The number of aromatic hydroxyl groups is 1. The number of hydrogen-bond donors (Lipinski definition) is 3. The Bertz CT molecular complexity index is 363. The standard InChI is InChI=1S/C14H22N2O2/c1-2-3-4-9-16-14(18)13(15)10-11-5-7-12(17)8-6-11/h5-8,13,17H,2-4,9-10,15H2,1H3,(H,16,18). The van der Waals surface area contributed by atoms with Crippen molar-refractivity contribution in [3.8, 4) is 5.75 Å². The number of unbranched alkanes of at least 4 members (excludes halogenated alkanes) is 2. The van der Waals surface area contributed by atoms with E-state index in [1.807, 2.05) is 0 Å². The summed E-state index contributed by atoms with van der Waals surface area (Å²) in [7, 11) is 0. The van der Waals surface area contributed by atoms with Crippen LogP contribution in [0.1, 0.15) is 31.7 Å². The van der Waals surface area contributed by atoms with E-state index < -0.39 is 6.04 Å². The lowest BCUT2D eigenvalue weighted by Gasteiger charge is -2.12. The van der Waals surface area contributed by atoms with Gasteiger partial charge in [-0.1, -0.05) is 31.9 Å². The number of rotatable bonds is 7. The maximum atomic E-state index is 11.7. The summed E-state index contributed by atoms with van der Waals surface area (Å²) >= 11 is 0. The molecule has 0 heterocycles. The van der Waals surface area contributed by atoms with E-state index in [0.717, 1.165) is 24.8 Å². The molecule has 0 radical (unpaired) electrons. The lowest BCUT2D eigenvalue weighted by Crippen LogP contribution is -2.42. The minimum absolute atomic E-state index is 0.112. The lowest BCUT2D eigenvalue weighted by molar-refractivity contribution is -0.122. The minimum Gasteiger partial charge on any atom is -0.508 e. The van der Waals surface area contributed by atoms with E-state index in [0.29, 0.717) is 13.0 Å². The first-order valence-electron chi connectivity index (χ1n) is 6.44. The predicted octanol–water partition coefficient (Wildman–Crippen LogP) is 1.57. The summed E-state index contributed by atoms with van der Waals surface area (Å²) in [5.41, 5.74) is 6.78. The van der Waals surface area contributed by atoms with Crippen LogP contribution in [0.25, 0.3) is 0 Å². The van der Waals surface area contributed by atoms with Gasteiger partial charge in [0.1, 0.15) is 5.75 Å². The molecule has 0 aliphatic carbocycles. The highest BCUT2D eigenvalue weighted by atomic mass is 16.3. The molecule has 1 aromatic carbocycles. The second-order valence-electron chi connectivity index (χ2n) is 4.48. The minimum atomic E-state index is -0.531. The van der Waals surface area contributed by atoms with E-state index in [1.165, 1.54) is 0 Å². The zero-order chi connectivity index (χ0) is 13.4. The fraction of sp³-hybridized carbons (Fsp3) is 0.500. The van der Waals surface area contributed by atoms with Gasteiger partial charge in [0, 0.05) is 6.54 Å². The number of benzene rings is 1. The van der Waals surface area contributed by atoms with Crippen molar-refractivity contribution in [2.75, 3.05) is 6.54 Å². The van der Waals surface area contributed by atoms with Gasteiger partial charge in [-0.15, -0.1) is 0 Å². The Morgan fingerprint density at radius 3 is 2.61 bits per heavy atom. The summed E-state index contributed by atoms with van der Waals surface area (Å²) in [6, 6.07) is 6.22. The Morgan fingerprint density at radius 2 is 2.00 bits per heavy atom. The number of phenols is 1. The first-order chi connectivity index (χ1) is 8.63. The second-order valence-corrected chi connectivity index (χ2v) is 4.48. The van der Waals surface area contributed by atoms with Gasteiger partial charge in [0.15, 0.2) is 0 Å². The van der Waals surface area contributed by atoms with Crippen LogP contribution in [0.5, 0.6) is 5.75 Å². The molecule has 4 heteroatoms. The number of nitrogens with one attached hydrogen (secondary N) is 1. The number of amides is 1. The molecule has 1 atom stereocenters. The van der Waals surface area contributed by atoms with E-state index in [-0.39, 0.29) is 11.7 Å². The first-order valence-corrected chi connectivity index (χ1v) is 6.44. The van der Waals surface area contributed by atoms with Crippen molar-refractivity contribution in [3.05, 3.63) is 29.8 Å². The molecule has 0 saturated heterocycles. The summed E-state index contributed by atoms with van der Waals surface area (Å²) in [6.45, 7) is 2.81. The first kappa shape index (κ1) is 14.5. The van der Waals surface area contributed by atoms with Gasteiger partial charge in [-0.05, 0) is 30.5 Å². The Hall–Kier alpha value is -1.55. The van der Waals surface area contributed by atoms with Gasteiger partial charge in [0.25, 0.3) is 0 Å². The predicted molar refractivity (Wildman–Crippen MR) is 72.3 cm³/mol. The largest absolute Gasteiger partial charge is 0.508 e. The molecule has 0 fully saturated rings. The van der Waals surface area contributed by atoms with Crippen LogP contribution in [0.15, 0.2) is 24.3 Å². The summed E-state index contributed by atoms with van der Waals surface area (Å²) in [5.74, 6) is 0.107. The third-order valence-electron chi connectivity index (χ3n) is 2.81. The SMILES string of the molecule is CCCCCNC(=O)C(N)Cc1ccc(O)cc1. The van der Waals surface area contributed by atoms with Crippen molar-refractivity contribution in [2.45, 2.75) is 38.6 Å². The number of carbonyl (C=O) groups is 1. The Labute approximate surface area is 108 Å². The summed E-state index contributed by atoms with van der Waals surface area (Å²) in [4.78, 5) is 11.7. The third kappa shape index (κ3) is 5.19. The number of phenolic OH excluding ortho intramolecular Hbond substituents is 1. The molecule has 1 unspecified atom stereocenters. The molecule has 0 saturated carbocycles. The summed E-state index contributed by atoms with van der Waals surface area (Å²) in [5, 5.41) is 12.0. The van der Waals surface area contributed by atoms with Crippen LogP contribution in [0.2, 0.25) is 0 Å². The molecular formula is C14H22N2O2.